The zero-order valence-electron chi connectivity index (χ0n) is 11.9. The van der Waals surface area contributed by atoms with Gasteiger partial charge in [0.2, 0.25) is 0 Å². The topological polar surface area (TPSA) is 41.5 Å². The fourth-order valence-electron chi connectivity index (χ4n) is 2.20. The number of aliphatic hydroxyl groups excluding tert-OH is 1. The highest BCUT2D eigenvalue weighted by Gasteiger charge is 2.14. The zero-order valence-corrected chi connectivity index (χ0v) is 14.2. The molecule has 0 radical (unpaired) electrons. The first kappa shape index (κ1) is 17.2. The highest BCUT2D eigenvalue weighted by atomic mass is 35.5. The van der Waals surface area contributed by atoms with Crippen LogP contribution in [0.15, 0.2) is 18.2 Å². The van der Waals surface area contributed by atoms with Gasteiger partial charge >= 0.3 is 0 Å². The summed E-state index contributed by atoms with van der Waals surface area (Å²) in [6.07, 6.45) is 3.39. The maximum absolute atomic E-state index is 9.91. The summed E-state index contributed by atoms with van der Waals surface area (Å²) in [5.74, 6) is 1.88. The van der Waals surface area contributed by atoms with Gasteiger partial charge in [-0.1, -0.05) is 29.6 Å². The predicted octanol–water partition coefficient (Wildman–Crippen LogP) is 3.61. The molecule has 3 nitrogen and oxygen atoms in total. The lowest BCUT2D eigenvalue weighted by atomic mass is 10.2. The van der Waals surface area contributed by atoms with Gasteiger partial charge in [0.05, 0.1) is 10.0 Å². The van der Waals surface area contributed by atoms with E-state index in [1.165, 1.54) is 25.0 Å². The van der Waals surface area contributed by atoms with E-state index < -0.39 is 6.10 Å². The molecule has 1 heterocycles. The van der Waals surface area contributed by atoms with Crippen molar-refractivity contribution in [3.63, 3.8) is 0 Å². The first-order valence-corrected chi connectivity index (χ1v) is 9.04. The molecule has 118 valence electrons. The molecule has 1 aliphatic rings. The van der Waals surface area contributed by atoms with E-state index in [1.54, 1.807) is 18.2 Å². The molecule has 6 heteroatoms. The minimum absolute atomic E-state index is 0.239. The highest BCUT2D eigenvalue weighted by Crippen LogP contribution is 2.26. The monoisotopic (exact) mass is 349 g/mol. The molecule has 2 rings (SSSR count). The Morgan fingerprint density at radius 1 is 1.33 bits per heavy atom. The Labute approximate surface area is 140 Å². The van der Waals surface area contributed by atoms with Gasteiger partial charge in [0.15, 0.2) is 0 Å². The second-order valence-electron chi connectivity index (χ2n) is 5.19. The summed E-state index contributed by atoms with van der Waals surface area (Å²) in [5.41, 5.74) is 0. The summed E-state index contributed by atoms with van der Waals surface area (Å²) >= 11 is 13.8. The summed E-state index contributed by atoms with van der Waals surface area (Å²) in [5, 5.41) is 14.9. The summed E-state index contributed by atoms with van der Waals surface area (Å²) < 4.78 is 5.51. The van der Waals surface area contributed by atoms with Crippen LogP contribution in [0.3, 0.4) is 0 Å². The number of nitrogens with one attached hydrogen (secondary N) is 1. The van der Waals surface area contributed by atoms with Crippen LogP contribution in [-0.4, -0.2) is 41.9 Å². The Hall–Kier alpha value is -0.130. The zero-order chi connectivity index (χ0) is 15.1. The van der Waals surface area contributed by atoms with E-state index in [-0.39, 0.29) is 6.61 Å². The van der Waals surface area contributed by atoms with Crippen molar-refractivity contribution >= 4 is 35.0 Å². The van der Waals surface area contributed by atoms with Crippen LogP contribution in [0.25, 0.3) is 0 Å². The number of thioether (sulfide) groups is 1. The van der Waals surface area contributed by atoms with Gasteiger partial charge in [0, 0.05) is 24.4 Å². The van der Waals surface area contributed by atoms with Crippen LogP contribution in [0.1, 0.15) is 19.3 Å². The van der Waals surface area contributed by atoms with Crippen molar-refractivity contribution in [3.05, 3.63) is 28.2 Å². The Kier molecular flexibility index (Phi) is 7.47. The van der Waals surface area contributed by atoms with E-state index in [4.69, 9.17) is 27.9 Å². The van der Waals surface area contributed by atoms with E-state index in [1.807, 2.05) is 11.8 Å². The third-order valence-electron chi connectivity index (χ3n) is 3.36. The summed E-state index contributed by atoms with van der Waals surface area (Å²) in [6, 6.07) is 5.08. The van der Waals surface area contributed by atoms with Crippen LogP contribution in [0.2, 0.25) is 10.0 Å². The molecule has 0 saturated carbocycles. The van der Waals surface area contributed by atoms with Crippen LogP contribution in [0.4, 0.5) is 0 Å². The van der Waals surface area contributed by atoms with Crippen LogP contribution >= 0.6 is 35.0 Å². The number of hydrogen-bond donors (Lipinski definition) is 2. The van der Waals surface area contributed by atoms with Gasteiger partial charge < -0.3 is 15.2 Å². The van der Waals surface area contributed by atoms with Crippen molar-refractivity contribution in [2.24, 2.45) is 0 Å². The molecule has 1 aromatic carbocycles. The molecular weight excluding hydrogens is 329 g/mol. The minimum Gasteiger partial charge on any atom is -0.491 e. The molecule has 21 heavy (non-hydrogen) atoms. The lowest BCUT2D eigenvalue weighted by Crippen LogP contribution is -2.35. The third kappa shape index (κ3) is 6.25. The molecule has 2 N–H and O–H groups in total. The fourth-order valence-corrected chi connectivity index (χ4v) is 3.76. The van der Waals surface area contributed by atoms with Crippen LogP contribution in [0.5, 0.6) is 5.75 Å². The average Bonchev–Trinajstić information content (AvgIpc) is 2.49. The van der Waals surface area contributed by atoms with Crippen molar-refractivity contribution in [1.29, 1.82) is 0 Å². The number of aliphatic hydroxyl groups is 1. The molecule has 2 unspecified atom stereocenters. The van der Waals surface area contributed by atoms with Crippen molar-refractivity contribution < 1.29 is 9.84 Å². The number of rotatable bonds is 7. The van der Waals surface area contributed by atoms with Crippen LogP contribution in [0, 0.1) is 0 Å². The van der Waals surface area contributed by atoms with Gasteiger partial charge in [0.1, 0.15) is 18.5 Å². The molecule has 0 amide bonds. The van der Waals surface area contributed by atoms with E-state index in [2.05, 4.69) is 5.32 Å². The lowest BCUT2D eigenvalue weighted by molar-refractivity contribution is 0.106. The van der Waals surface area contributed by atoms with Gasteiger partial charge in [-0.05, 0) is 30.7 Å². The van der Waals surface area contributed by atoms with E-state index >= 15 is 0 Å². The minimum atomic E-state index is -0.534. The second kappa shape index (κ2) is 9.11. The van der Waals surface area contributed by atoms with Crippen molar-refractivity contribution in [1.82, 2.24) is 5.32 Å². The Bertz CT molecular complexity index is 442. The highest BCUT2D eigenvalue weighted by molar-refractivity contribution is 7.99. The maximum atomic E-state index is 9.91. The van der Waals surface area contributed by atoms with Gasteiger partial charge in [-0.2, -0.15) is 11.8 Å². The molecule has 0 aliphatic carbocycles. The molecule has 1 fully saturated rings. The SMILES string of the molecule is OC(CNCC1CCCCS1)COc1ccc(Cl)c(Cl)c1. The molecule has 0 aromatic heterocycles. The molecule has 2 atom stereocenters. The molecule has 0 bridgehead atoms. The summed E-state index contributed by atoms with van der Waals surface area (Å²) in [7, 11) is 0. The Morgan fingerprint density at radius 2 is 2.19 bits per heavy atom. The molecule has 1 aromatic rings. The van der Waals surface area contributed by atoms with Gasteiger partial charge in [-0.25, -0.2) is 0 Å². The fraction of sp³-hybridized carbons (Fsp3) is 0.600. The normalized spacial score (nSPS) is 20.2. The number of hydrogen-bond acceptors (Lipinski definition) is 4. The van der Waals surface area contributed by atoms with E-state index in [9.17, 15) is 5.11 Å². The molecular formula is C15H21Cl2NO2S. The van der Waals surface area contributed by atoms with Crippen molar-refractivity contribution in [2.45, 2.75) is 30.6 Å². The van der Waals surface area contributed by atoms with E-state index in [0.29, 0.717) is 27.6 Å². The number of halogens is 2. The Balaban J connectivity index is 1.62. The maximum Gasteiger partial charge on any atom is 0.121 e. The first-order valence-electron chi connectivity index (χ1n) is 7.23. The average molecular weight is 350 g/mol. The summed E-state index contributed by atoms with van der Waals surface area (Å²) in [4.78, 5) is 0. The number of ether oxygens (including phenoxy) is 1. The predicted molar refractivity (Wildman–Crippen MR) is 90.9 cm³/mol. The van der Waals surface area contributed by atoms with Gasteiger partial charge in [-0.15, -0.1) is 0 Å². The Morgan fingerprint density at radius 3 is 2.90 bits per heavy atom. The van der Waals surface area contributed by atoms with Gasteiger partial charge in [-0.3, -0.25) is 0 Å². The van der Waals surface area contributed by atoms with Crippen molar-refractivity contribution in [2.75, 3.05) is 25.4 Å². The van der Waals surface area contributed by atoms with Crippen LogP contribution < -0.4 is 10.1 Å². The molecule has 1 saturated heterocycles. The quantitative estimate of drug-likeness (QED) is 0.788. The van der Waals surface area contributed by atoms with Crippen LogP contribution in [-0.2, 0) is 0 Å². The van der Waals surface area contributed by atoms with E-state index in [0.717, 1.165) is 6.54 Å². The lowest BCUT2D eigenvalue weighted by Gasteiger charge is -2.22. The largest absolute Gasteiger partial charge is 0.491 e. The standard InChI is InChI=1S/C15H21Cl2NO2S/c16-14-5-4-12(7-15(14)17)20-10-11(19)8-18-9-13-3-1-2-6-21-13/h4-5,7,11,13,18-19H,1-3,6,8-10H2. The smallest absolute Gasteiger partial charge is 0.121 e. The third-order valence-corrected chi connectivity index (χ3v) is 5.50. The number of benzene rings is 1. The first-order chi connectivity index (χ1) is 10.1. The van der Waals surface area contributed by atoms with Crippen molar-refractivity contribution in [3.8, 4) is 5.75 Å². The summed E-state index contributed by atoms with van der Waals surface area (Å²) in [6.45, 7) is 1.73. The molecule has 1 aliphatic heterocycles. The second-order valence-corrected chi connectivity index (χ2v) is 7.41. The van der Waals surface area contributed by atoms with Gasteiger partial charge in [0.25, 0.3) is 0 Å². The molecule has 0 spiro atoms.